The van der Waals surface area contributed by atoms with E-state index in [-0.39, 0.29) is 5.43 Å². The van der Waals surface area contributed by atoms with Crippen LogP contribution >= 0.6 is 0 Å². The van der Waals surface area contributed by atoms with Crippen molar-refractivity contribution in [3.8, 4) is 11.1 Å². The first-order chi connectivity index (χ1) is 10.7. The van der Waals surface area contributed by atoms with Gasteiger partial charge in [-0.25, -0.2) is 0 Å². The molecule has 110 valence electrons. The molecule has 0 bridgehead atoms. The Morgan fingerprint density at radius 1 is 0.909 bits per heavy atom. The average molecular weight is 291 g/mol. The van der Waals surface area contributed by atoms with Gasteiger partial charge in [-0.1, -0.05) is 42.5 Å². The lowest BCUT2D eigenvalue weighted by Gasteiger charge is -2.08. The summed E-state index contributed by atoms with van der Waals surface area (Å²) in [6.07, 6.45) is 0. The first-order valence-electron chi connectivity index (χ1n) is 7.21. The Morgan fingerprint density at radius 2 is 1.59 bits per heavy atom. The van der Waals surface area contributed by atoms with Gasteiger partial charge in [-0.3, -0.25) is 4.79 Å². The molecular formula is C19H17NO2. The third-order valence-electron chi connectivity index (χ3n) is 3.40. The predicted octanol–water partition coefficient (Wildman–Crippen LogP) is 4.23. The van der Waals surface area contributed by atoms with Crippen LogP contribution in [0.15, 0.2) is 75.9 Å². The van der Waals surface area contributed by atoms with E-state index in [0.29, 0.717) is 18.1 Å². The van der Waals surface area contributed by atoms with Crippen LogP contribution in [0.3, 0.4) is 0 Å². The maximum atomic E-state index is 11.4. The molecule has 1 heterocycles. The zero-order chi connectivity index (χ0) is 15.4. The normalized spacial score (nSPS) is 10.4. The van der Waals surface area contributed by atoms with Crippen molar-refractivity contribution in [2.24, 2.45) is 0 Å². The van der Waals surface area contributed by atoms with Gasteiger partial charge in [0, 0.05) is 17.8 Å². The van der Waals surface area contributed by atoms with Crippen molar-refractivity contribution >= 4 is 5.69 Å². The minimum atomic E-state index is -0.0278. The summed E-state index contributed by atoms with van der Waals surface area (Å²) in [5, 5.41) is 3.26. The van der Waals surface area contributed by atoms with E-state index in [9.17, 15) is 4.79 Å². The fourth-order valence-electron chi connectivity index (χ4n) is 2.35. The van der Waals surface area contributed by atoms with Crippen LogP contribution in [0.2, 0.25) is 0 Å². The Bertz CT molecular complexity index is 805. The van der Waals surface area contributed by atoms with Crippen LogP contribution in [0.25, 0.3) is 11.1 Å². The highest BCUT2D eigenvalue weighted by Gasteiger charge is 2.01. The van der Waals surface area contributed by atoms with Crippen molar-refractivity contribution < 1.29 is 4.42 Å². The van der Waals surface area contributed by atoms with Gasteiger partial charge in [0.25, 0.3) is 0 Å². The molecule has 0 spiro atoms. The topological polar surface area (TPSA) is 42.2 Å². The lowest BCUT2D eigenvalue weighted by atomic mass is 10.1. The Hall–Kier alpha value is -2.81. The summed E-state index contributed by atoms with van der Waals surface area (Å²) in [6.45, 7) is 2.27. The van der Waals surface area contributed by atoms with E-state index in [1.807, 2.05) is 30.3 Å². The molecule has 22 heavy (non-hydrogen) atoms. The van der Waals surface area contributed by atoms with Gasteiger partial charge in [0.1, 0.15) is 11.5 Å². The van der Waals surface area contributed by atoms with Crippen LogP contribution < -0.4 is 10.7 Å². The third-order valence-corrected chi connectivity index (χ3v) is 3.40. The molecule has 0 aliphatic rings. The van der Waals surface area contributed by atoms with Gasteiger partial charge in [-0.05, 0) is 30.2 Å². The van der Waals surface area contributed by atoms with Crippen LogP contribution in [-0.2, 0) is 6.54 Å². The maximum Gasteiger partial charge on any atom is 0.185 e. The molecule has 0 aliphatic carbocycles. The summed E-state index contributed by atoms with van der Waals surface area (Å²) >= 11 is 0. The summed E-state index contributed by atoms with van der Waals surface area (Å²) in [4.78, 5) is 11.4. The zero-order valence-electron chi connectivity index (χ0n) is 12.4. The minimum absolute atomic E-state index is 0.0278. The summed E-state index contributed by atoms with van der Waals surface area (Å²) < 4.78 is 5.51. The Kier molecular flexibility index (Phi) is 4.05. The minimum Gasteiger partial charge on any atom is -0.464 e. The molecule has 0 fully saturated rings. The molecule has 0 atom stereocenters. The van der Waals surface area contributed by atoms with Crippen molar-refractivity contribution in [3.63, 3.8) is 0 Å². The van der Waals surface area contributed by atoms with Crippen molar-refractivity contribution in [2.45, 2.75) is 13.5 Å². The molecule has 3 nitrogen and oxygen atoms in total. The molecule has 3 rings (SSSR count). The first-order valence-corrected chi connectivity index (χ1v) is 7.21. The predicted molar refractivity (Wildman–Crippen MR) is 88.9 cm³/mol. The lowest BCUT2D eigenvalue weighted by Crippen LogP contribution is -2.05. The highest BCUT2D eigenvalue weighted by Crippen LogP contribution is 2.21. The van der Waals surface area contributed by atoms with Crippen LogP contribution in [0, 0.1) is 6.92 Å². The van der Waals surface area contributed by atoms with Crippen LogP contribution in [0.4, 0.5) is 5.69 Å². The Labute approximate surface area is 129 Å². The number of nitrogens with one attached hydrogen (secondary N) is 1. The van der Waals surface area contributed by atoms with Crippen LogP contribution in [0.5, 0.6) is 0 Å². The zero-order valence-corrected chi connectivity index (χ0v) is 12.4. The van der Waals surface area contributed by atoms with E-state index in [1.54, 1.807) is 6.92 Å². The fourth-order valence-corrected chi connectivity index (χ4v) is 2.35. The number of anilines is 1. The van der Waals surface area contributed by atoms with E-state index in [0.717, 1.165) is 5.69 Å². The van der Waals surface area contributed by atoms with Gasteiger partial charge in [0.2, 0.25) is 0 Å². The molecule has 0 unspecified atom stereocenters. The largest absolute Gasteiger partial charge is 0.464 e. The molecule has 2 aromatic carbocycles. The highest BCUT2D eigenvalue weighted by atomic mass is 16.3. The Morgan fingerprint density at radius 3 is 2.27 bits per heavy atom. The van der Waals surface area contributed by atoms with Gasteiger partial charge in [-0.2, -0.15) is 0 Å². The average Bonchev–Trinajstić information content (AvgIpc) is 2.53. The van der Waals surface area contributed by atoms with Gasteiger partial charge in [0.15, 0.2) is 5.43 Å². The number of aryl methyl sites for hydroxylation is 1. The summed E-state index contributed by atoms with van der Waals surface area (Å²) in [7, 11) is 0. The number of rotatable bonds is 4. The number of benzene rings is 2. The smallest absolute Gasteiger partial charge is 0.185 e. The van der Waals surface area contributed by atoms with Gasteiger partial charge in [0.05, 0.1) is 6.54 Å². The van der Waals surface area contributed by atoms with E-state index < -0.39 is 0 Å². The lowest BCUT2D eigenvalue weighted by molar-refractivity contribution is 0.470. The fraction of sp³-hybridized carbons (Fsp3) is 0.105. The molecule has 0 saturated carbocycles. The van der Waals surface area contributed by atoms with Gasteiger partial charge >= 0.3 is 0 Å². The molecule has 0 saturated heterocycles. The van der Waals surface area contributed by atoms with Crippen LogP contribution in [-0.4, -0.2) is 0 Å². The number of hydrogen-bond donors (Lipinski definition) is 1. The standard InChI is InChI=1S/C19H17NO2/c1-14-11-18(21)12-19(22-14)13-20-17-9-7-16(8-10-17)15-5-3-2-4-6-15/h2-12,20H,13H2,1H3. The molecule has 1 aromatic heterocycles. The quantitative estimate of drug-likeness (QED) is 0.782. The second-order valence-corrected chi connectivity index (χ2v) is 5.17. The van der Waals surface area contributed by atoms with E-state index in [2.05, 4.69) is 29.6 Å². The van der Waals surface area contributed by atoms with Crippen molar-refractivity contribution in [2.75, 3.05) is 5.32 Å². The third kappa shape index (κ3) is 3.44. The number of hydrogen-bond acceptors (Lipinski definition) is 3. The molecule has 0 radical (unpaired) electrons. The molecule has 1 N–H and O–H groups in total. The molecular weight excluding hydrogens is 274 g/mol. The molecule has 0 amide bonds. The molecule has 0 aliphatic heterocycles. The van der Waals surface area contributed by atoms with Crippen molar-refractivity contribution in [1.29, 1.82) is 0 Å². The van der Waals surface area contributed by atoms with Crippen molar-refractivity contribution in [3.05, 3.63) is 88.5 Å². The SMILES string of the molecule is Cc1cc(=O)cc(CNc2ccc(-c3ccccc3)cc2)o1. The summed E-state index contributed by atoms with van der Waals surface area (Å²) in [6, 6.07) is 21.4. The van der Waals surface area contributed by atoms with E-state index in [4.69, 9.17) is 4.42 Å². The van der Waals surface area contributed by atoms with E-state index >= 15 is 0 Å². The summed E-state index contributed by atoms with van der Waals surface area (Å²) in [5.74, 6) is 1.26. The first kappa shape index (κ1) is 14.1. The summed E-state index contributed by atoms with van der Waals surface area (Å²) in [5.41, 5.74) is 3.33. The molecule has 3 aromatic rings. The highest BCUT2D eigenvalue weighted by molar-refractivity contribution is 5.65. The second kappa shape index (κ2) is 6.31. The molecule has 3 heteroatoms. The van der Waals surface area contributed by atoms with E-state index in [1.165, 1.54) is 23.3 Å². The monoisotopic (exact) mass is 291 g/mol. The Balaban J connectivity index is 1.70. The van der Waals surface area contributed by atoms with Gasteiger partial charge < -0.3 is 9.73 Å². The van der Waals surface area contributed by atoms with Gasteiger partial charge in [-0.15, -0.1) is 0 Å². The van der Waals surface area contributed by atoms with Crippen LogP contribution in [0.1, 0.15) is 11.5 Å². The van der Waals surface area contributed by atoms with Crippen molar-refractivity contribution in [1.82, 2.24) is 0 Å². The maximum absolute atomic E-state index is 11.4. The second-order valence-electron chi connectivity index (χ2n) is 5.17.